The monoisotopic (exact) mass is 354 g/mol. The van der Waals surface area contributed by atoms with Gasteiger partial charge in [0.15, 0.2) is 0 Å². The lowest BCUT2D eigenvalue weighted by atomic mass is 9.94. The van der Waals surface area contributed by atoms with Crippen LogP contribution < -0.4 is 0 Å². The number of benzene rings is 1. The van der Waals surface area contributed by atoms with Gasteiger partial charge in [-0.15, -0.1) is 11.6 Å². The van der Waals surface area contributed by atoms with Gasteiger partial charge < -0.3 is 0 Å². The Morgan fingerprint density at radius 2 is 2.15 bits per heavy atom. The molecule has 0 N–H and O–H groups in total. The Bertz CT molecular complexity index is 592. The maximum absolute atomic E-state index is 6.20. The fourth-order valence-electron chi connectivity index (χ4n) is 2.46. The van der Waals surface area contributed by atoms with E-state index in [9.17, 15) is 0 Å². The van der Waals surface area contributed by atoms with Gasteiger partial charge in [0.05, 0.1) is 15.9 Å². The van der Waals surface area contributed by atoms with Crippen molar-refractivity contribution in [2.75, 3.05) is 5.88 Å². The Kier molecular flexibility index (Phi) is 5.28. The highest BCUT2D eigenvalue weighted by atomic mass is 79.9. The normalized spacial score (nSPS) is 12.7. The summed E-state index contributed by atoms with van der Waals surface area (Å²) < 4.78 is 3.10. The number of aromatic nitrogens is 2. The van der Waals surface area contributed by atoms with Crippen molar-refractivity contribution in [2.45, 2.75) is 32.6 Å². The Morgan fingerprint density at radius 1 is 1.40 bits per heavy atom. The van der Waals surface area contributed by atoms with Gasteiger partial charge >= 0.3 is 0 Å². The molecule has 2 rings (SSSR count). The number of nitrogens with zero attached hydrogens (tertiary/aromatic N) is 2. The fourth-order valence-corrected chi connectivity index (χ4v) is 3.53. The van der Waals surface area contributed by atoms with Gasteiger partial charge in [0.25, 0.3) is 0 Å². The Labute approximate surface area is 134 Å². The molecular weight excluding hydrogens is 336 g/mol. The van der Waals surface area contributed by atoms with Crippen molar-refractivity contribution in [3.8, 4) is 0 Å². The average molecular weight is 356 g/mol. The van der Waals surface area contributed by atoms with Gasteiger partial charge in [-0.2, -0.15) is 5.10 Å². The van der Waals surface area contributed by atoms with Crippen molar-refractivity contribution in [3.63, 3.8) is 0 Å². The first-order chi connectivity index (χ1) is 9.56. The number of halogens is 2. The van der Waals surface area contributed by atoms with Gasteiger partial charge in [-0.25, -0.2) is 0 Å². The molecule has 0 fully saturated rings. The SMILES string of the molecule is CCc1nn(C)c(CC(CCl)c2cccc(C)c2)c1Br. The minimum Gasteiger partial charge on any atom is -0.271 e. The average Bonchev–Trinajstić information content (AvgIpc) is 2.71. The van der Waals surface area contributed by atoms with Crippen molar-refractivity contribution in [1.29, 1.82) is 0 Å². The highest BCUT2D eigenvalue weighted by Gasteiger charge is 2.18. The molecule has 1 heterocycles. The van der Waals surface area contributed by atoms with Crippen LogP contribution in [0.15, 0.2) is 28.7 Å². The molecule has 0 aliphatic heterocycles. The van der Waals surface area contributed by atoms with E-state index in [-0.39, 0.29) is 0 Å². The van der Waals surface area contributed by atoms with Gasteiger partial charge in [-0.05, 0) is 41.3 Å². The number of hydrogen-bond donors (Lipinski definition) is 0. The Hall–Kier alpha value is -0.800. The van der Waals surface area contributed by atoms with Gasteiger partial charge in [0.1, 0.15) is 0 Å². The minimum atomic E-state index is 0.313. The minimum absolute atomic E-state index is 0.313. The summed E-state index contributed by atoms with van der Waals surface area (Å²) in [6.45, 7) is 4.24. The molecule has 1 atom stereocenters. The number of alkyl halides is 1. The van der Waals surface area contributed by atoms with Gasteiger partial charge in [0.2, 0.25) is 0 Å². The Morgan fingerprint density at radius 3 is 2.70 bits per heavy atom. The molecule has 0 bridgehead atoms. The van der Waals surface area contributed by atoms with Crippen molar-refractivity contribution in [3.05, 3.63) is 51.3 Å². The largest absolute Gasteiger partial charge is 0.271 e. The van der Waals surface area contributed by atoms with E-state index in [1.165, 1.54) is 16.8 Å². The molecule has 0 radical (unpaired) electrons. The van der Waals surface area contributed by atoms with Crippen LogP contribution in [-0.2, 0) is 19.9 Å². The number of hydrogen-bond acceptors (Lipinski definition) is 1. The zero-order valence-electron chi connectivity index (χ0n) is 12.2. The topological polar surface area (TPSA) is 17.8 Å². The maximum atomic E-state index is 6.20. The lowest BCUT2D eigenvalue weighted by Gasteiger charge is -2.15. The van der Waals surface area contributed by atoms with Crippen molar-refractivity contribution in [1.82, 2.24) is 9.78 Å². The second-order valence-corrected chi connectivity index (χ2v) is 6.26. The molecule has 1 aromatic carbocycles. The van der Waals surface area contributed by atoms with E-state index in [1.807, 2.05) is 11.7 Å². The third-order valence-electron chi connectivity index (χ3n) is 3.64. The molecule has 4 heteroatoms. The van der Waals surface area contributed by atoms with E-state index < -0.39 is 0 Å². The summed E-state index contributed by atoms with van der Waals surface area (Å²) in [6, 6.07) is 8.59. The molecule has 108 valence electrons. The van der Waals surface area contributed by atoms with E-state index in [2.05, 4.69) is 59.1 Å². The zero-order valence-corrected chi connectivity index (χ0v) is 14.5. The van der Waals surface area contributed by atoms with Crippen LogP contribution in [0.2, 0.25) is 0 Å². The van der Waals surface area contributed by atoms with Crippen LogP contribution >= 0.6 is 27.5 Å². The van der Waals surface area contributed by atoms with Gasteiger partial charge in [0, 0.05) is 18.8 Å². The molecule has 0 amide bonds. The molecule has 0 saturated heterocycles. The molecule has 1 aromatic heterocycles. The standard InChI is InChI=1S/C16H20BrClN2/c1-4-14-16(17)15(20(3)19-14)9-13(10-18)12-7-5-6-11(2)8-12/h5-8,13H,4,9-10H2,1-3H3. The highest BCUT2D eigenvalue weighted by molar-refractivity contribution is 9.10. The zero-order chi connectivity index (χ0) is 14.7. The molecule has 1 unspecified atom stereocenters. The lowest BCUT2D eigenvalue weighted by Crippen LogP contribution is -2.09. The second kappa shape index (κ2) is 6.77. The summed E-state index contributed by atoms with van der Waals surface area (Å²) in [7, 11) is 2.00. The molecule has 0 spiro atoms. The third-order valence-corrected chi connectivity index (χ3v) is 4.93. The van der Waals surface area contributed by atoms with Crippen LogP contribution in [0.1, 0.15) is 35.4 Å². The predicted molar refractivity (Wildman–Crippen MR) is 88.6 cm³/mol. The van der Waals surface area contributed by atoms with Crippen molar-refractivity contribution >= 4 is 27.5 Å². The smallest absolute Gasteiger partial charge is 0.0766 e. The fraction of sp³-hybridized carbons (Fsp3) is 0.438. The first-order valence-electron chi connectivity index (χ1n) is 6.89. The molecule has 20 heavy (non-hydrogen) atoms. The first-order valence-corrected chi connectivity index (χ1v) is 8.22. The summed E-state index contributed by atoms with van der Waals surface area (Å²) >= 11 is 9.89. The van der Waals surface area contributed by atoms with Crippen LogP contribution in [0, 0.1) is 6.92 Å². The van der Waals surface area contributed by atoms with Crippen LogP contribution in [0.5, 0.6) is 0 Å². The van der Waals surface area contributed by atoms with Gasteiger partial charge in [-0.1, -0.05) is 36.8 Å². The van der Waals surface area contributed by atoms with Crippen molar-refractivity contribution < 1.29 is 0 Å². The molecular formula is C16H20BrClN2. The molecule has 0 saturated carbocycles. The third kappa shape index (κ3) is 3.26. The second-order valence-electron chi connectivity index (χ2n) is 5.15. The van der Waals surface area contributed by atoms with Crippen molar-refractivity contribution in [2.24, 2.45) is 7.05 Å². The molecule has 2 aromatic rings. The molecule has 2 nitrogen and oxygen atoms in total. The number of aryl methyl sites for hydroxylation is 3. The summed E-state index contributed by atoms with van der Waals surface area (Å²) in [5.41, 5.74) is 4.90. The summed E-state index contributed by atoms with van der Waals surface area (Å²) in [5.74, 6) is 0.927. The van der Waals surface area contributed by atoms with Crippen LogP contribution in [0.25, 0.3) is 0 Å². The number of rotatable bonds is 5. The highest BCUT2D eigenvalue weighted by Crippen LogP contribution is 2.29. The quantitative estimate of drug-likeness (QED) is 0.716. The van der Waals surface area contributed by atoms with Crippen LogP contribution in [-0.4, -0.2) is 15.7 Å². The van der Waals surface area contributed by atoms with Crippen LogP contribution in [0.4, 0.5) is 0 Å². The molecule has 0 aliphatic carbocycles. The van der Waals surface area contributed by atoms with E-state index in [0.29, 0.717) is 11.8 Å². The van der Waals surface area contributed by atoms with E-state index in [1.54, 1.807) is 0 Å². The van der Waals surface area contributed by atoms with Gasteiger partial charge in [-0.3, -0.25) is 4.68 Å². The van der Waals surface area contributed by atoms with Crippen LogP contribution in [0.3, 0.4) is 0 Å². The summed E-state index contributed by atoms with van der Waals surface area (Å²) in [6.07, 6.45) is 1.83. The molecule has 0 aliphatic rings. The first kappa shape index (κ1) is 15.6. The van der Waals surface area contributed by atoms with E-state index in [0.717, 1.165) is 23.0 Å². The van der Waals surface area contributed by atoms with E-state index in [4.69, 9.17) is 11.6 Å². The summed E-state index contributed by atoms with van der Waals surface area (Å²) in [5, 5.41) is 4.55. The predicted octanol–water partition coefficient (Wildman–Crippen LogP) is 4.62. The van der Waals surface area contributed by atoms with E-state index >= 15 is 0 Å². The Balaban J connectivity index is 2.29. The maximum Gasteiger partial charge on any atom is 0.0766 e. The summed E-state index contributed by atoms with van der Waals surface area (Å²) in [4.78, 5) is 0. The lowest BCUT2D eigenvalue weighted by molar-refractivity contribution is 0.654.